The lowest BCUT2D eigenvalue weighted by Gasteiger charge is -2.34. The zero-order valence-electron chi connectivity index (χ0n) is 16.0. The Balaban J connectivity index is 1.42. The van der Waals surface area contributed by atoms with Crippen LogP contribution in [0.2, 0.25) is 5.02 Å². The molecule has 0 radical (unpaired) electrons. The monoisotopic (exact) mass is 398 g/mol. The molecular formula is C20H23ClN6O. The van der Waals surface area contributed by atoms with Crippen LogP contribution in [-0.4, -0.2) is 61.9 Å². The zero-order valence-corrected chi connectivity index (χ0v) is 16.8. The largest absolute Gasteiger partial charge is 0.335 e. The molecule has 1 saturated heterocycles. The number of nitrogens with one attached hydrogen (secondary N) is 1. The molecule has 1 amide bonds. The molecule has 1 aromatic carbocycles. The average Bonchev–Trinajstić information content (AvgIpc) is 3.27. The van der Waals surface area contributed by atoms with Crippen LogP contribution < -0.4 is 0 Å². The number of halogens is 1. The maximum absolute atomic E-state index is 12.6. The van der Waals surface area contributed by atoms with Crippen molar-refractivity contribution in [1.29, 1.82) is 0 Å². The van der Waals surface area contributed by atoms with Crippen LogP contribution in [0.25, 0.3) is 5.69 Å². The molecule has 28 heavy (non-hydrogen) atoms. The molecule has 0 saturated carbocycles. The number of hydrogen-bond acceptors (Lipinski definition) is 4. The summed E-state index contributed by atoms with van der Waals surface area (Å²) >= 11 is 6.02. The lowest BCUT2D eigenvalue weighted by Crippen LogP contribution is -2.48. The maximum Gasteiger partial charge on any atom is 0.273 e. The van der Waals surface area contributed by atoms with Crippen molar-refractivity contribution in [2.75, 3.05) is 26.2 Å². The number of para-hydroxylation sites is 1. The number of H-pyrrole nitrogens is 1. The van der Waals surface area contributed by atoms with Crippen molar-refractivity contribution in [3.63, 3.8) is 0 Å². The first-order valence-corrected chi connectivity index (χ1v) is 9.73. The zero-order chi connectivity index (χ0) is 19.7. The highest BCUT2D eigenvalue weighted by Crippen LogP contribution is 2.21. The minimum absolute atomic E-state index is 0.0913. The highest BCUT2D eigenvalue weighted by atomic mass is 35.5. The third kappa shape index (κ3) is 3.55. The van der Waals surface area contributed by atoms with Crippen LogP contribution in [0.5, 0.6) is 0 Å². The Morgan fingerprint density at radius 1 is 1.14 bits per heavy atom. The van der Waals surface area contributed by atoms with Crippen LogP contribution in [0, 0.1) is 13.8 Å². The van der Waals surface area contributed by atoms with Crippen molar-refractivity contribution in [3.8, 4) is 5.69 Å². The number of benzene rings is 1. The van der Waals surface area contributed by atoms with Crippen molar-refractivity contribution in [2.24, 2.45) is 0 Å². The molecule has 7 nitrogen and oxygen atoms in total. The topological polar surface area (TPSA) is 70.1 Å². The van der Waals surface area contributed by atoms with Crippen LogP contribution in [0.15, 0.2) is 36.5 Å². The number of carbonyl (C=O) groups is 1. The van der Waals surface area contributed by atoms with E-state index in [1.165, 1.54) is 11.8 Å². The van der Waals surface area contributed by atoms with Crippen LogP contribution >= 0.6 is 11.6 Å². The molecule has 0 spiro atoms. The van der Waals surface area contributed by atoms with Gasteiger partial charge in [-0.2, -0.15) is 10.2 Å². The fourth-order valence-electron chi connectivity index (χ4n) is 3.64. The minimum Gasteiger partial charge on any atom is -0.335 e. The van der Waals surface area contributed by atoms with E-state index in [9.17, 15) is 4.79 Å². The van der Waals surface area contributed by atoms with Crippen molar-refractivity contribution < 1.29 is 4.79 Å². The molecule has 3 aromatic rings. The van der Waals surface area contributed by atoms with Gasteiger partial charge in [0, 0.05) is 44.0 Å². The van der Waals surface area contributed by atoms with Gasteiger partial charge < -0.3 is 4.90 Å². The number of piperazine rings is 1. The van der Waals surface area contributed by atoms with Gasteiger partial charge in [0.15, 0.2) is 0 Å². The number of aryl methyl sites for hydroxylation is 1. The fourth-order valence-corrected chi connectivity index (χ4v) is 3.81. The lowest BCUT2D eigenvalue weighted by atomic mass is 10.1. The molecule has 146 valence electrons. The van der Waals surface area contributed by atoms with Gasteiger partial charge in [0.05, 0.1) is 22.6 Å². The maximum atomic E-state index is 12.6. The first-order valence-electron chi connectivity index (χ1n) is 9.35. The van der Waals surface area contributed by atoms with Crippen LogP contribution in [-0.2, 0) is 6.54 Å². The molecule has 8 heteroatoms. The molecule has 2 aromatic heterocycles. The quantitative estimate of drug-likeness (QED) is 0.733. The fraction of sp³-hybridized carbons (Fsp3) is 0.350. The highest BCUT2D eigenvalue weighted by molar-refractivity contribution is 6.33. The first-order chi connectivity index (χ1) is 13.5. The number of nitrogens with zero attached hydrogens (tertiary/aromatic N) is 5. The molecule has 0 aliphatic carbocycles. The molecule has 0 unspecified atom stereocenters. The predicted molar refractivity (Wildman–Crippen MR) is 108 cm³/mol. The van der Waals surface area contributed by atoms with Crippen molar-refractivity contribution in [3.05, 3.63) is 64.2 Å². The number of carbonyl (C=O) groups excluding carboxylic acids is 1. The summed E-state index contributed by atoms with van der Waals surface area (Å²) < 4.78 is 2.00. The van der Waals surface area contributed by atoms with Gasteiger partial charge in [-0.3, -0.25) is 14.8 Å². The normalized spacial score (nSPS) is 15.2. The molecule has 0 bridgehead atoms. The third-order valence-electron chi connectivity index (χ3n) is 5.29. The van der Waals surface area contributed by atoms with Gasteiger partial charge >= 0.3 is 0 Å². The Kier molecular flexibility index (Phi) is 5.19. The first kappa shape index (κ1) is 18.7. The van der Waals surface area contributed by atoms with Crippen molar-refractivity contribution in [1.82, 2.24) is 29.8 Å². The lowest BCUT2D eigenvalue weighted by molar-refractivity contribution is 0.0622. The molecule has 0 atom stereocenters. The van der Waals surface area contributed by atoms with Gasteiger partial charge in [-0.05, 0) is 26.0 Å². The van der Waals surface area contributed by atoms with Gasteiger partial charge in [0.2, 0.25) is 0 Å². The van der Waals surface area contributed by atoms with E-state index in [0.717, 1.165) is 36.7 Å². The Bertz CT molecular complexity index is 972. The Morgan fingerprint density at radius 2 is 1.86 bits per heavy atom. The molecule has 4 rings (SSSR count). The van der Waals surface area contributed by atoms with Crippen molar-refractivity contribution in [2.45, 2.75) is 20.4 Å². The molecule has 1 fully saturated rings. The molecule has 1 N–H and O–H groups in total. The summed E-state index contributed by atoms with van der Waals surface area (Å²) in [6.07, 6.45) is 1.46. The SMILES string of the molecule is Cc1nn(-c2ccccc2)c(C)c1CN1CCN(C(=O)c2[nH]ncc2Cl)CC1. The van der Waals surface area contributed by atoms with E-state index in [1.807, 2.05) is 27.8 Å². The summed E-state index contributed by atoms with van der Waals surface area (Å²) in [5, 5.41) is 11.6. The molecule has 1 aliphatic heterocycles. The van der Waals surface area contributed by atoms with Gasteiger partial charge in [0.1, 0.15) is 5.69 Å². The number of rotatable bonds is 4. The smallest absolute Gasteiger partial charge is 0.273 e. The standard InChI is InChI=1S/C20H23ClN6O/c1-14-17(15(2)27(24-14)16-6-4-3-5-7-16)13-25-8-10-26(11-9-25)20(28)19-18(21)12-22-23-19/h3-7,12H,8-11,13H2,1-2H3,(H,22,23). The minimum atomic E-state index is -0.0913. The van der Waals surface area contributed by atoms with E-state index >= 15 is 0 Å². The Labute approximate surface area is 168 Å². The predicted octanol–water partition coefficient (Wildman–Crippen LogP) is 2.82. The molecular weight excluding hydrogens is 376 g/mol. The summed E-state index contributed by atoms with van der Waals surface area (Å²) in [5.74, 6) is -0.0913. The second-order valence-corrected chi connectivity index (χ2v) is 7.47. The summed E-state index contributed by atoms with van der Waals surface area (Å²) in [4.78, 5) is 16.7. The van der Waals surface area contributed by atoms with E-state index in [1.54, 1.807) is 0 Å². The van der Waals surface area contributed by atoms with E-state index in [2.05, 4.69) is 41.1 Å². The van der Waals surface area contributed by atoms with E-state index in [4.69, 9.17) is 16.7 Å². The van der Waals surface area contributed by atoms with Gasteiger partial charge in [-0.1, -0.05) is 29.8 Å². The number of hydrogen-bond donors (Lipinski definition) is 1. The van der Waals surface area contributed by atoms with Gasteiger partial charge in [0.25, 0.3) is 5.91 Å². The Hall–Kier alpha value is -2.64. The number of amides is 1. The van der Waals surface area contributed by atoms with Gasteiger partial charge in [-0.25, -0.2) is 4.68 Å². The van der Waals surface area contributed by atoms with E-state index in [-0.39, 0.29) is 5.91 Å². The molecule has 1 aliphatic rings. The third-order valence-corrected chi connectivity index (χ3v) is 5.58. The van der Waals surface area contributed by atoms with Crippen molar-refractivity contribution >= 4 is 17.5 Å². The van der Waals surface area contributed by atoms with E-state index in [0.29, 0.717) is 23.8 Å². The van der Waals surface area contributed by atoms with Gasteiger partial charge in [-0.15, -0.1) is 0 Å². The van der Waals surface area contributed by atoms with Crippen LogP contribution in [0.1, 0.15) is 27.4 Å². The highest BCUT2D eigenvalue weighted by Gasteiger charge is 2.26. The van der Waals surface area contributed by atoms with Crippen LogP contribution in [0.4, 0.5) is 0 Å². The molecule has 3 heterocycles. The Morgan fingerprint density at radius 3 is 2.50 bits per heavy atom. The summed E-state index contributed by atoms with van der Waals surface area (Å²) in [7, 11) is 0. The average molecular weight is 399 g/mol. The summed E-state index contributed by atoms with van der Waals surface area (Å²) in [6, 6.07) is 10.2. The number of aromatic nitrogens is 4. The van der Waals surface area contributed by atoms with Crippen LogP contribution in [0.3, 0.4) is 0 Å². The second-order valence-electron chi connectivity index (χ2n) is 7.06. The summed E-state index contributed by atoms with van der Waals surface area (Å²) in [5.41, 5.74) is 4.89. The van der Waals surface area contributed by atoms with E-state index < -0.39 is 0 Å². The second kappa shape index (κ2) is 7.77. The summed E-state index contributed by atoms with van der Waals surface area (Å²) in [6.45, 7) is 7.96. The number of aromatic amines is 1.